The van der Waals surface area contributed by atoms with Crippen LogP contribution in [0.2, 0.25) is 0 Å². The Morgan fingerprint density at radius 1 is 0.667 bits per heavy atom. The van der Waals surface area contributed by atoms with Crippen LogP contribution in [0, 0.1) is 6.57 Å². The zero-order valence-corrected chi connectivity index (χ0v) is 19.1. The van der Waals surface area contributed by atoms with E-state index in [0.29, 0.717) is 5.69 Å². The minimum atomic E-state index is 0.617. The van der Waals surface area contributed by atoms with Crippen LogP contribution in [-0.2, 0) is 0 Å². The highest BCUT2D eigenvalue weighted by Gasteiger charge is 2.16. The highest BCUT2D eigenvalue weighted by molar-refractivity contribution is 6.11. The van der Waals surface area contributed by atoms with Gasteiger partial charge in [-0.3, -0.25) is 4.98 Å². The number of fused-ring (bicyclic) bond motifs is 4. The van der Waals surface area contributed by atoms with Crippen LogP contribution >= 0.6 is 0 Å². The number of para-hydroxylation sites is 1. The molecule has 0 atom stereocenters. The van der Waals surface area contributed by atoms with E-state index in [1.54, 1.807) is 6.20 Å². The second kappa shape index (κ2) is 7.90. The molecule has 6 heteroatoms. The molecule has 0 fully saturated rings. The van der Waals surface area contributed by atoms with Crippen molar-refractivity contribution < 1.29 is 0 Å². The van der Waals surface area contributed by atoms with Gasteiger partial charge in [-0.2, -0.15) is 0 Å². The summed E-state index contributed by atoms with van der Waals surface area (Å²) < 4.78 is 4.08. The normalized spacial score (nSPS) is 11.3. The van der Waals surface area contributed by atoms with Crippen LogP contribution in [0.25, 0.3) is 60.3 Å². The standard InChI is InChI=1S/C30H18N6/c1-31-21-11-14-29-25(18-21)24-17-20(26-9-5-6-16-32-26)10-13-28(24)35(29)23-12-15-30-27(19-23)33-34-36(30)22-7-3-2-4-8-22/h2-19H. The van der Waals surface area contributed by atoms with Crippen molar-refractivity contribution in [2.75, 3.05) is 0 Å². The molecule has 7 aromatic rings. The molecule has 0 saturated heterocycles. The zero-order valence-electron chi connectivity index (χ0n) is 19.1. The third kappa shape index (κ3) is 3.07. The third-order valence-electron chi connectivity index (χ3n) is 6.53. The molecule has 6 nitrogen and oxygen atoms in total. The van der Waals surface area contributed by atoms with Gasteiger partial charge < -0.3 is 4.57 Å². The van der Waals surface area contributed by atoms with Gasteiger partial charge in [0.05, 0.1) is 34.5 Å². The summed E-state index contributed by atoms with van der Waals surface area (Å²) in [6, 6.07) is 34.4. The first-order valence-electron chi connectivity index (χ1n) is 11.6. The molecular formula is C30H18N6. The molecule has 7 rings (SSSR count). The van der Waals surface area contributed by atoms with Crippen molar-refractivity contribution in [1.29, 1.82) is 0 Å². The second-order valence-corrected chi connectivity index (χ2v) is 8.61. The summed E-state index contributed by atoms with van der Waals surface area (Å²) in [5.41, 5.74) is 8.38. The van der Waals surface area contributed by atoms with Crippen LogP contribution in [0.15, 0.2) is 109 Å². The minimum absolute atomic E-state index is 0.617. The van der Waals surface area contributed by atoms with Crippen molar-refractivity contribution >= 4 is 38.5 Å². The molecule has 0 N–H and O–H groups in total. The van der Waals surface area contributed by atoms with Crippen molar-refractivity contribution in [3.8, 4) is 22.6 Å². The van der Waals surface area contributed by atoms with E-state index < -0.39 is 0 Å². The first-order chi connectivity index (χ1) is 17.8. The van der Waals surface area contributed by atoms with E-state index in [2.05, 4.69) is 61.1 Å². The van der Waals surface area contributed by atoms with Crippen molar-refractivity contribution in [3.05, 3.63) is 121 Å². The molecular weight excluding hydrogens is 444 g/mol. The van der Waals surface area contributed by atoms with Gasteiger partial charge in [0.25, 0.3) is 0 Å². The van der Waals surface area contributed by atoms with E-state index in [9.17, 15) is 0 Å². The second-order valence-electron chi connectivity index (χ2n) is 8.61. The molecule has 0 aliphatic rings. The maximum absolute atomic E-state index is 7.53. The molecule has 0 aliphatic carbocycles. The third-order valence-corrected chi connectivity index (χ3v) is 6.53. The Morgan fingerprint density at radius 2 is 1.44 bits per heavy atom. The molecule has 168 valence electrons. The van der Waals surface area contributed by atoms with Crippen molar-refractivity contribution in [2.24, 2.45) is 0 Å². The Kier molecular flexibility index (Phi) is 4.41. The molecule has 0 saturated carbocycles. The predicted molar refractivity (Wildman–Crippen MR) is 143 cm³/mol. The number of hydrogen-bond acceptors (Lipinski definition) is 3. The lowest BCUT2D eigenvalue weighted by molar-refractivity contribution is 0.824. The topological polar surface area (TPSA) is 52.9 Å². The van der Waals surface area contributed by atoms with Gasteiger partial charge in [-0.15, -0.1) is 5.10 Å². The van der Waals surface area contributed by atoms with Gasteiger partial charge in [0.2, 0.25) is 0 Å². The van der Waals surface area contributed by atoms with E-state index in [1.165, 1.54) is 0 Å². The molecule has 3 heterocycles. The fraction of sp³-hybridized carbons (Fsp3) is 0. The highest BCUT2D eigenvalue weighted by Crippen LogP contribution is 2.37. The van der Waals surface area contributed by atoms with Crippen molar-refractivity contribution in [3.63, 3.8) is 0 Å². The van der Waals surface area contributed by atoms with Gasteiger partial charge in [-0.05, 0) is 72.1 Å². The van der Waals surface area contributed by atoms with E-state index in [-0.39, 0.29) is 0 Å². The summed E-state index contributed by atoms with van der Waals surface area (Å²) >= 11 is 0. The fourth-order valence-corrected chi connectivity index (χ4v) is 4.86. The van der Waals surface area contributed by atoms with Gasteiger partial charge in [0.1, 0.15) is 5.52 Å². The monoisotopic (exact) mass is 462 g/mol. The molecule has 36 heavy (non-hydrogen) atoms. The lowest BCUT2D eigenvalue weighted by Gasteiger charge is -2.09. The molecule has 0 unspecified atom stereocenters. The van der Waals surface area contributed by atoms with Crippen LogP contribution in [0.5, 0.6) is 0 Å². The summed E-state index contributed by atoms with van der Waals surface area (Å²) in [7, 11) is 0. The maximum Gasteiger partial charge on any atom is 0.188 e. The van der Waals surface area contributed by atoms with Crippen LogP contribution in [0.3, 0.4) is 0 Å². The lowest BCUT2D eigenvalue weighted by atomic mass is 10.1. The average molecular weight is 463 g/mol. The Bertz CT molecular complexity index is 1940. The Balaban J connectivity index is 1.47. The lowest BCUT2D eigenvalue weighted by Crippen LogP contribution is -1.96. The first-order valence-corrected chi connectivity index (χ1v) is 11.6. The van der Waals surface area contributed by atoms with E-state index in [4.69, 9.17) is 6.57 Å². The first kappa shape index (κ1) is 20.1. The molecule has 0 radical (unpaired) electrons. The quantitative estimate of drug-likeness (QED) is 0.263. The Hall–Kier alpha value is -5.28. The Morgan fingerprint density at radius 3 is 2.25 bits per heavy atom. The van der Waals surface area contributed by atoms with Gasteiger partial charge in [-0.25, -0.2) is 9.53 Å². The smallest absolute Gasteiger partial charge is 0.188 e. The molecule has 0 amide bonds. The number of rotatable bonds is 3. The highest BCUT2D eigenvalue weighted by atomic mass is 15.4. The summed E-state index contributed by atoms with van der Waals surface area (Å²) in [4.78, 5) is 8.19. The molecule has 4 aromatic carbocycles. The van der Waals surface area contributed by atoms with E-state index in [1.807, 2.05) is 71.4 Å². The maximum atomic E-state index is 7.53. The van der Waals surface area contributed by atoms with Gasteiger partial charge in [0, 0.05) is 22.8 Å². The van der Waals surface area contributed by atoms with Gasteiger partial charge >= 0.3 is 0 Å². The van der Waals surface area contributed by atoms with Crippen molar-refractivity contribution in [2.45, 2.75) is 0 Å². The van der Waals surface area contributed by atoms with Crippen LogP contribution < -0.4 is 0 Å². The summed E-state index contributed by atoms with van der Waals surface area (Å²) in [6.45, 7) is 7.53. The largest absolute Gasteiger partial charge is 0.309 e. The predicted octanol–water partition coefficient (Wildman–Crippen LogP) is 7.13. The molecule has 0 spiro atoms. The SMILES string of the molecule is [C-]#[N+]c1ccc2c(c1)c1cc(-c3ccccn3)ccc1n2-c1ccc2c(c1)nnn2-c1ccccc1. The van der Waals surface area contributed by atoms with E-state index in [0.717, 1.165) is 55.5 Å². The number of aromatic nitrogens is 5. The van der Waals surface area contributed by atoms with Gasteiger partial charge in [-0.1, -0.05) is 41.6 Å². The summed E-state index contributed by atoms with van der Waals surface area (Å²) in [5, 5.41) is 11.0. The minimum Gasteiger partial charge on any atom is -0.309 e. The average Bonchev–Trinajstić information content (AvgIpc) is 3.52. The summed E-state index contributed by atoms with van der Waals surface area (Å²) in [6.07, 6.45) is 1.80. The van der Waals surface area contributed by atoms with Gasteiger partial charge in [0.15, 0.2) is 5.69 Å². The molecule has 0 aliphatic heterocycles. The van der Waals surface area contributed by atoms with Crippen LogP contribution in [0.1, 0.15) is 0 Å². The molecule has 0 bridgehead atoms. The zero-order chi connectivity index (χ0) is 24.1. The Labute approximate surface area is 206 Å². The van der Waals surface area contributed by atoms with Crippen LogP contribution in [0.4, 0.5) is 5.69 Å². The number of benzene rings is 4. The molecule has 3 aromatic heterocycles. The number of hydrogen-bond donors (Lipinski definition) is 0. The van der Waals surface area contributed by atoms with Crippen LogP contribution in [-0.4, -0.2) is 24.5 Å². The fourth-order valence-electron chi connectivity index (χ4n) is 4.86. The summed E-state index contributed by atoms with van der Waals surface area (Å²) in [5.74, 6) is 0. The number of nitrogens with zero attached hydrogens (tertiary/aromatic N) is 6. The van der Waals surface area contributed by atoms with Crippen molar-refractivity contribution in [1.82, 2.24) is 24.5 Å². The van der Waals surface area contributed by atoms with E-state index >= 15 is 0 Å². The number of pyridine rings is 1.